The second-order valence-electron chi connectivity index (χ2n) is 3.56. The maximum absolute atomic E-state index is 11.7. The molecule has 0 N–H and O–H groups in total. The van der Waals surface area contributed by atoms with E-state index in [9.17, 15) is 13.2 Å². The predicted molar refractivity (Wildman–Crippen MR) is 62.6 cm³/mol. The van der Waals surface area contributed by atoms with Crippen LogP contribution in [-0.4, -0.2) is 59.4 Å². The first-order valence-corrected chi connectivity index (χ1v) is 7.00. The van der Waals surface area contributed by atoms with Crippen LogP contribution >= 0.6 is 0 Å². The van der Waals surface area contributed by atoms with Crippen molar-refractivity contribution in [1.82, 2.24) is 0 Å². The zero-order valence-corrected chi connectivity index (χ0v) is 11.3. The lowest BCUT2D eigenvalue weighted by molar-refractivity contribution is -0.140. The molecule has 0 aromatic heterocycles. The van der Waals surface area contributed by atoms with E-state index in [0.717, 1.165) is 0 Å². The number of sulfone groups is 1. The number of methoxy groups -OCH3 is 2. The Bertz CT molecular complexity index is 311. The zero-order valence-electron chi connectivity index (χ0n) is 10.5. The highest BCUT2D eigenvalue weighted by Crippen LogP contribution is 2.07. The van der Waals surface area contributed by atoms with Gasteiger partial charge in [-0.05, 0) is 6.92 Å². The monoisotopic (exact) mass is 268 g/mol. The standard InChI is InChI=1S/C10H20O6S/c1-9(8-10(11)15-3)17(12,13)7-6-16-5-4-14-2/h9H,4-8H2,1-3H3. The quantitative estimate of drug-likeness (QED) is 0.433. The Kier molecular flexibility index (Phi) is 8.11. The van der Waals surface area contributed by atoms with Gasteiger partial charge in [0.2, 0.25) is 0 Å². The highest BCUT2D eigenvalue weighted by molar-refractivity contribution is 7.92. The smallest absolute Gasteiger partial charge is 0.306 e. The highest BCUT2D eigenvalue weighted by atomic mass is 32.2. The Morgan fingerprint density at radius 2 is 1.82 bits per heavy atom. The van der Waals surface area contributed by atoms with Crippen LogP contribution in [0, 0.1) is 0 Å². The molecule has 7 heteroatoms. The fourth-order valence-corrected chi connectivity index (χ4v) is 2.21. The fraction of sp³-hybridized carbons (Fsp3) is 0.900. The Morgan fingerprint density at radius 3 is 2.35 bits per heavy atom. The molecule has 0 aromatic carbocycles. The van der Waals surface area contributed by atoms with E-state index in [4.69, 9.17) is 9.47 Å². The van der Waals surface area contributed by atoms with E-state index < -0.39 is 21.1 Å². The van der Waals surface area contributed by atoms with Gasteiger partial charge in [0.15, 0.2) is 9.84 Å². The molecule has 102 valence electrons. The van der Waals surface area contributed by atoms with Crippen molar-refractivity contribution in [3.63, 3.8) is 0 Å². The molecule has 0 saturated carbocycles. The van der Waals surface area contributed by atoms with Crippen molar-refractivity contribution in [1.29, 1.82) is 0 Å². The molecule has 0 saturated heterocycles. The van der Waals surface area contributed by atoms with E-state index in [-0.39, 0.29) is 18.8 Å². The number of hydrogen-bond acceptors (Lipinski definition) is 6. The average Bonchev–Trinajstić information content (AvgIpc) is 2.28. The van der Waals surface area contributed by atoms with Gasteiger partial charge in [-0.3, -0.25) is 4.79 Å². The molecule has 0 rings (SSSR count). The molecule has 0 fully saturated rings. The molecule has 0 heterocycles. The van der Waals surface area contributed by atoms with Gasteiger partial charge in [-0.15, -0.1) is 0 Å². The Hall–Kier alpha value is -0.660. The molecule has 0 amide bonds. The van der Waals surface area contributed by atoms with Gasteiger partial charge in [-0.2, -0.15) is 0 Å². The number of carbonyl (C=O) groups is 1. The summed E-state index contributed by atoms with van der Waals surface area (Å²) in [6, 6.07) is 0. The summed E-state index contributed by atoms with van der Waals surface area (Å²) in [5, 5.41) is -0.749. The minimum absolute atomic E-state index is 0.102. The minimum Gasteiger partial charge on any atom is -0.469 e. The molecule has 0 aliphatic rings. The maximum Gasteiger partial charge on any atom is 0.306 e. The van der Waals surface area contributed by atoms with Crippen LogP contribution in [0.1, 0.15) is 13.3 Å². The van der Waals surface area contributed by atoms with E-state index >= 15 is 0 Å². The highest BCUT2D eigenvalue weighted by Gasteiger charge is 2.23. The average molecular weight is 268 g/mol. The molecule has 0 aliphatic heterocycles. The molecule has 6 nitrogen and oxygen atoms in total. The van der Waals surface area contributed by atoms with Crippen molar-refractivity contribution in [2.75, 3.05) is 39.8 Å². The van der Waals surface area contributed by atoms with Crippen LogP contribution in [0.3, 0.4) is 0 Å². The lowest BCUT2D eigenvalue weighted by Gasteiger charge is -2.11. The van der Waals surface area contributed by atoms with Crippen molar-refractivity contribution in [3.8, 4) is 0 Å². The molecule has 0 radical (unpaired) electrons. The minimum atomic E-state index is -3.32. The molecule has 1 unspecified atom stereocenters. The van der Waals surface area contributed by atoms with Gasteiger partial charge in [0.05, 0.1) is 44.4 Å². The first kappa shape index (κ1) is 16.3. The van der Waals surface area contributed by atoms with E-state index in [1.54, 1.807) is 7.11 Å². The largest absolute Gasteiger partial charge is 0.469 e. The summed E-state index contributed by atoms with van der Waals surface area (Å²) in [7, 11) is -0.547. The summed E-state index contributed by atoms with van der Waals surface area (Å²) in [4.78, 5) is 10.9. The van der Waals surface area contributed by atoms with Crippen LogP contribution in [0.4, 0.5) is 0 Å². The van der Waals surface area contributed by atoms with Crippen molar-refractivity contribution >= 4 is 15.8 Å². The van der Waals surface area contributed by atoms with Crippen LogP contribution in [0.15, 0.2) is 0 Å². The number of rotatable bonds is 9. The lowest BCUT2D eigenvalue weighted by Crippen LogP contribution is -2.26. The molecule has 17 heavy (non-hydrogen) atoms. The number of esters is 1. The van der Waals surface area contributed by atoms with Crippen LogP contribution < -0.4 is 0 Å². The SMILES string of the molecule is COCCOCCS(=O)(=O)C(C)CC(=O)OC. The summed E-state index contributed by atoms with van der Waals surface area (Å²) in [5.41, 5.74) is 0. The van der Waals surface area contributed by atoms with Gasteiger partial charge in [0.25, 0.3) is 0 Å². The van der Waals surface area contributed by atoms with Gasteiger partial charge >= 0.3 is 5.97 Å². The molecule has 0 aromatic rings. The van der Waals surface area contributed by atoms with E-state index in [1.807, 2.05) is 0 Å². The van der Waals surface area contributed by atoms with Crippen molar-refractivity contribution in [2.24, 2.45) is 0 Å². The normalized spacial score (nSPS) is 13.4. The summed E-state index contributed by atoms with van der Waals surface area (Å²) >= 11 is 0. The summed E-state index contributed by atoms with van der Waals surface area (Å²) in [5.74, 6) is -0.629. The van der Waals surface area contributed by atoms with E-state index in [1.165, 1.54) is 14.0 Å². The molecule has 0 bridgehead atoms. The third-order valence-electron chi connectivity index (χ3n) is 2.24. The third kappa shape index (κ3) is 7.30. The predicted octanol–water partition coefficient (Wildman–Crippen LogP) is 0.0158. The lowest BCUT2D eigenvalue weighted by atomic mass is 10.3. The first-order chi connectivity index (χ1) is 7.94. The van der Waals surface area contributed by atoms with Crippen LogP contribution in [-0.2, 0) is 28.8 Å². The molecular weight excluding hydrogens is 248 g/mol. The number of ether oxygens (including phenoxy) is 3. The van der Waals surface area contributed by atoms with Gasteiger partial charge in [0, 0.05) is 7.11 Å². The van der Waals surface area contributed by atoms with Crippen molar-refractivity contribution in [3.05, 3.63) is 0 Å². The van der Waals surface area contributed by atoms with Gasteiger partial charge in [0.1, 0.15) is 0 Å². The van der Waals surface area contributed by atoms with Crippen LogP contribution in [0.5, 0.6) is 0 Å². The molecular formula is C10H20O6S. The second kappa shape index (κ2) is 8.43. The Labute approximate surface area is 102 Å². The van der Waals surface area contributed by atoms with Gasteiger partial charge in [-0.1, -0.05) is 0 Å². The van der Waals surface area contributed by atoms with Crippen LogP contribution in [0.2, 0.25) is 0 Å². The summed E-state index contributed by atoms with van der Waals surface area (Å²) in [6.07, 6.45) is -0.128. The third-order valence-corrected chi connectivity index (χ3v) is 4.37. The Morgan fingerprint density at radius 1 is 1.18 bits per heavy atom. The molecule has 0 aliphatic carbocycles. The van der Waals surface area contributed by atoms with Crippen molar-refractivity contribution in [2.45, 2.75) is 18.6 Å². The van der Waals surface area contributed by atoms with Gasteiger partial charge < -0.3 is 14.2 Å². The number of carbonyl (C=O) groups excluding carboxylic acids is 1. The maximum atomic E-state index is 11.7. The molecule has 1 atom stereocenters. The Balaban J connectivity index is 3.97. The number of hydrogen-bond donors (Lipinski definition) is 0. The summed E-state index contributed by atoms with van der Waals surface area (Å²) < 4.78 is 37.6. The fourth-order valence-electron chi connectivity index (χ4n) is 1.07. The first-order valence-electron chi connectivity index (χ1n) is 5.29. The van der Waals surface area contributed by atoms with Crippen LogP contribution in [0.25, 0.3) is 0 Å². The second-order valence-corrected chi connectivity index (χ2v) is 6.10. The van der Waals surface area contributed by atoms with Gasteiger partial charge in [-0.25, -0.2) is 8.42 Å². The summed E-state index contributed by atoms with van der Waals surface area (Å²) in [6.45, 7) is 2.38. The van der Waals surface area contributed by atoms with Crippen molar-refractivity contribution < 1.29 is 27.4 Å². The topological polar surface area (TPSA) is 78.9 Å². The molecule has 0 spiro atoms. The zero-order chi connectivity index (χ0) is 13.3. The van der Waals surface area contributed by atoms with E-state index in [0.29, 0.717) is 13.2 Å². The van der Waals surface area contributed by atoms with E-state index in [2.05, 4.69) is 4.74 Å².